The molecule has 0 spiro atoms. The zero-order valence-electron chi connectivity index (χ0n) is 20.3. The van der Waals surface area contributed by atoms with Gasteiger partial charge in [0.15, 0.2) is 0 Å². The number of H-pyrrole nitrogens is 1. The van der Waals surface area contributed by atoms with E-state index >= 15 is 0 Å². The van der Waals surface area contributed by atoms with Crippen LogP contribution in [0, 0.1) is 11.7 Å². The zero-order chi connectivity index (χ0) is 24.6. The highest BCUT2D eigenvalue weighted by Gasteiger charge is 2.31. The number of fused-ring (bicyclic) bond motifs is 1. The first-order chi connectivity index (χ1) is 17.0. The summed E-state index contributed by atoms with van der Waals surface area (Å²) in [5.74, 6) is -0.304. The van der Waals surface area contributed by atoms with Crippen LogP contribution in [0.2, 0.25) is 0 Å². The number of hydrogen-bond donors (Lipinski definition) is 1. The average Bonchev–Trinajstić information content (AvgIpc) is 3.24. The Hall–Kier alpha value is -3.19. The van der Waals surface area contributed by atoms with Gasteiger partial charge >= 0.3 is 0 Å². The van der Waals surface area contributed by atoms with Crippen LogP contribution in [0.1, 0.15) is 36.8 Å². The Bertz CT molecular complexity index is 1120. The number of carbonyl (C=O) groups is 2. The number of ether oxygens (including phenoxy) is 1. The summed E-state index contributed by atoms with van der Waals surface area (Å²) in [4.78, 5) is 33.3. The van der Waals surface area contributed by atoms with E-state index in [2.05, 4.69) is 11.1 Å². The van der Waals surface area contributed by atoms with Crippen molar-refractivity contribution in [3.05, 3.63) is 71.7 Å². The molecule has 1 N–H and O–H groups in total. The topological polar surface area (TPSA) is 65.6 Å². The fraction of sp³-hybridized carbons (Fsp3) is 0.429. The number of rotatable bonds is 12. The van der Waals surface area contributed by atoms with Gasteiger partial charge < -0.3 is 19.5 Å². The summed E-state index contributed by atoms with van der Waals surface area (Å²) in [6.07, 6.45) is 6.22. The van der Waals surface area contributed by atoms with Gasteiger partial charge in [-0.05, 0) is 55.0 Å². The first-order valence-electron chi connectivity index (χ1n) is 12.4. The van der Waals surface area contributed by atoms with Crippen molar-refractivity contribution in [1.82, 2.24) is 14.8 Å². The molecule has 1 fully saturated rings. The van der Waals surface area contributed by atoms with E-state index in [0.29, 0.717) is 39.1 Å². The van der Waals surface area contributed by atoms with Gasteiger partial charge in [-0.1, -0.05) is 36.8 Å². The lowest BCUT2D eigenvalue weighted by Gasteiger charge is -2.33. The molecule has 0 bridgehead atoms. The van der Waals surface area contributed by atoms with Crippen molar-refractivity contribution >= 4 is 22.7 Å². The first kappa shape index (κ1) is 24.9. The van der Waals surface area contributed by atoms with Crippen molar-refractivity contribution in [3.63, 3.8) is 0 Å². The van der Waals surface area contributed by atoms with Crippen LogP contribution in [0.4, 0.5) is 4.39 Å². The predicted octanol–water partition coefficient (Wildman–Crippen LogP) is 4.54. The summed E-state index contributed by atoms with van der Waals surface area (Å²) in [6.45, 7) is 1.96. The number of nitrogens with zero attached hydrogens (tertiary/aromatic N) is 2. The maximum atomic E-state index is 13.5. The lowest BCUT2D eigenvalue weighted by Crippen LogP contribution is -2.46. The standard InChI is InChI=1S/C28H34FN3O3/c1-35-17-5-15-32(28(34)22-6-4-7-22)20-27(33)31(19-21-10-12-24(29)13-11-21)16-14-23-18-30-26-9-3-2-8-25(23)26/h2-3,8-13,18,22,30H,4-7,14-17,19-20H2,1H3. The normalized spacial score (nSPS) is 13.5. The molecule has 186 valence electrons. The molecule has 1 aromatic heterocycles. The van der Waals surface area contributed by atoms with Gasteiger partial charge in [0.25, 0.3) is 0 Å². The third-order valence-corrected chi connectivity index (χ3v) is 6.83. The summed E-state index contributed by atoms with van der Waals surface area (Å²) in [5.41, 5.74) is 3.06. The quantitative estimate of drug-likeness (QED) is 0.388. The number of aromatic nitrogens is 1. The third-order valence-electron chi connectivity index (χ3n) is 6.83. The number of aromatic amines is 1. The molecular weight excluding hydrogens is 445 g/mol. The van der Waals surface area contributed by atoms with Crippen molar-refractivity contribution in [3.8, 4) is 0 Å². The molecule has 1 aliphatic rings. The van der Waals surface area contributed by atoms with E-state index in [0.717, 1.165) is 41.3 Å². The minimum atomic E-state index is -0.305. The number of hydrogen-bond acceptors (Lipinski definition) is 3. The lowest BCUT2D eigenvalue weighted by molar-refractivity contribution is -0.145. The van der Waals surface area contributed by atoms with E-state index in [9.17, 15) is 14.0 Å². The van der Waals surface area contributed by atoms with Crippen LogP contribution < -0.4 is 0 Å². The average molecular weight is 480 g/mol. The summed E-state index contributed by atoms with van der Waals surface area (Å²) >= 11 is 0. The van der Waals surface area contributed by atoms with Gasteiger partial charge in [0.05, 0.1) is 6.54 Å². The summed E-state index contributed by atoms with van der Waals surface area (Å²) < 4.78 is 18.6. The number of carbonyl (C=O) groups excluding carboxylic acids is 2. The van der Waals surface area contributed by atoms with Gasteiger partial charge in [0, 0.05) is 56.4 Å². The Morgan fingerprint density at radius 3 is 2.54 bits per heavy atom. The predicted molar refractivity (Wildman–Crippen MR) is 134 cm³/mol. The molecule has 6 nitrogen and oxygen atoms in total. The third kappa shape index (κ3) is 6.48. The van der Waals surface area contributed by atoms with Gasteiger partial charge in [-0.25, -0.2) is 4.39 Å². The highest BCUT2D eigenvalue weighted by Crippen LogP contribution is 2.28. The molecule has 35 heavy (non-hydrogen) atoms. The van der Waals surface area contributed by atoms with E-state index in [-0.39, 0.29) is 30.1 Å². The largest absolute Gasteiger partial charge is 0.385 e. The van der Waals surface area contributed by atoms with Crippen LogP contribution in [-0.2, 0) is 27.3 Å². The van der Waals surface area contributed by atoms with Gasteiger partial charge in [-0.3, -0.25) is 9.59 Å². The molecule has 0 atom stereocenters. The summed E-state index contributed by atoms with van der Waals surface area (Å²) in [7, 11) is 1.64. The molecule has 3 aromatic rings. The van der Waals surface area contributed by atoms with Crippen LogP contribution in [0.15, 0.2) is 54.7 Å². The number of nitrogens with one attached hydrogen (secondary N) is 1. The van der Waals surface area contributed by atoms with E-state index in [1.165, 1.54) is 12.1 Å². The van der Waals surface area contributed by atoms with Crippen LogP contribution in [0.3, 0.4) is 0 Å². The van der Waals surface area contributed by atoms with E-state index in [1.54, 1.807) is 29.0 Å². The number of halogens is 1. The molecule has 1 saturated carbocycles. The fourth-order valence-electron chi connectivity index (χ4n) is 4.54. The van der Waals surface area contributed by atoms with Gasteiger partial charge in [-0.2, -0.15) is 0 Å². The minimum Gasteiger partial charge on any atom is -0.385 e. The minimum absolute atomic E-state index is 0.0297. The molecule has 0 radical (unpaired) electrons. The van der Waals surface area contributed by atoms with Crippen LogP contribution >= 0.6 is 0 Å². The van der Waals surface area contributed by atoms with Crippen molar-refractivity contribution in [2.45, 2.75) is 38.6 Å². The molecule has 0 aliphatic heterocycles. The maximum absolute atomic E-state index is 13.5. The lowest BCUT2D eigenvalue weighted by atomic mass is 9.84. The molecular formula is C28H34FN3O3. The number of amides is 2. The van der Waals surface area contributed by atoms with Crippen LogP contribution in [-0.4, -0.2) is 59.9 Å². The van der Waals surface area contributed by atoms with Crippen LogP contribution in [0.25, 0.3) is 10.9 Å². The monoisotopic (exact) mass is 479 g/mol. The molecule has 0 unspecified atom stereocenters. The Balaban J connectivity index is 1.49. The van der Waals surface area contributed by atoms with E-state index < -0.39 is 0 Å². The zero-order valence-corrected chi connectivity index (χ0v) is 20.3. The van der Waals surface area contributed by atoms with Crippen molar-refractivity contribution in [1.29, 1.82) is 0 Å². The SMILES string of the molecule is COCCCN(CC(=O)N(CCc1c[nH]c2ccccc12)Cc1ccc(F)cc1)C(=O)C1CCC1. The smallest absolute Gasteiger partial charge is 0.242 e. The number of para-hydroxylation sites is 1. The molecule has 7 heteroatoms. The highest BCUT2D eigenvalue weighted by atomic mass is 19.1. The highest BCUT2D eigenvalue weighted by molar-refractivity contribution is 5.86. The summed E-state index contributed by atoms with van der Waals surface area (Å²) in [5, 5.41) is 1.14. The molecule has 1 heterocycles. The molecule has 1 aliphatic carbocycles. The van der Waals surface area contributed by atoms with Gasteiger partial charge in [0.1, 0.15) is 5.82 Å². The number of methoxy groups -OCH3 is 1. The Labute approximate surface area is 206 Å². The molecule has 2 aromatic carbocycles. The van der Waals surface area contributed by atoms with Gasteiger partial charge in [-0.15, -0.1) is 0 Å². The fourth-order valence-corrected chi connectivity index (χ4v) is 4.54. The Kier molecular flexibility index (Phi) is 8.53. The summed E-state index contributed by atoms with van der Waals surface area (Å²) in [6, 6.07) is 14.3. The molecule has 4 rings (SSSR count). The molecule has 0 saturated heterocycles. The Morgan fingerprint density at radius 1 is 1.06 bits per heavy atom. The van der Waals surface area contributed by atoms with Crippen LogP contribution in [0.5, 0.6) is 0 Å². The number of benzene rings is 2. The second kappa shape index (κ2) is 12.0. The van der Waals surface area contributed by atoms with E-state index in [1.807, 2.05) is 24.4 Å². The van der Waals surface area contributed by atoms with Crippen molar-refractivity contribution < 1.29 is 18.7 Å². The van der Waals surface area contributed by atoms with Gasteiger partial charge in [0.2, 0.25) is 11.8 Å². The first-order valence-corrected chi connectivity index (χ1v) is 12.4. The Morgan fingerprint density at radius 2 is 1.83 bits per heavy atom. The maximum Gasteiger partial charge on any atom is 0.242 e. The van der Waals surface area contributed by atoms with Crippen molar-refractivity contribution in [2.24, 2.45) is 5.92 Å². The van der Waals surface area contributed by atoms with E-state index in [4.69, 9.17) is 4.74 Å². The second-order valence-electron chi connectivity index (χ2n) is 9.29. The second-order valence-corrected chi connectivity index (χ2v) is 9.29. The molecule has 2 amide bonds. The van der Waals surface area contributed by atoms with Crippen molar-refractivity contribution in [2.75, 3.05) is 33.4 Å².